The standard InChI is InChI=1S/C19H19FN2O3S/c1-12-10-14-11-13(19(23)21-16-5-6-16)2-9-18(14)22(12)26(24,25)17-7-3-15(20)4-8-17/h2-4,7-9,11-12,16H,5-6,10H2,1H3,(H,21,23)/t12-/m0/s1. The van der Waals surface area contributed by atoms with Crippen molar-refractivity contribution in [1.29, 1.82) is 0 Å². The molecular formula is C19H19FN2O3S. The van der Waals surface area contributed by atoms with E-state index in [2.05, 4.69) is 5.32 Å². The Bertz CT molecular complexity index is 969. The zero-order chi connectivity index (χ0) is 18.5. The van der Waals surface area contributed by atoms with Gasteiger partial charge in [0.05, 0.1) is 10.6 Å². The van der Waals surface area contributed by atoms with Gasteiger partial charge in [0, 0.05) is 17.6 Å². The Morgan fingerprint density at radius 1 is 1.15 bits per heavy atom. The third kappa shape index (κ3) is 2.96. The number of halogens is 1. The van der Waals surface area contributed by atoms with Crippen LogP contribution in [0.25, 0.3) is 0 Å². The van der Waals surface area contributed by atoms with E-state index in [1.54, 1.807) is 18.2 Å². The first-order valence-electron chi connectivity index (χ1n) is 8.60. The van der Waals surface area contributed by atoms with E-state index in [0.29, 0.717) is 17.7 Å². The number of rotatable bonds is 4. The van der Waals surface area contributed by atoms with Gasteiger partial charge in [0.1, 0.15) is 5.82 Å². The smallest absolute Gasteiger partial charge is 0.264 e. The van der Waals surface area contributed by atoms with Crippen molar-refractivity contribution in [3.8, 4) is 0 Å². The number of benzene rings is 2. The second-order valence-corrected chi connectivity index (χ2v) is 8.71. The van der Waals surface area contributed by atoms with Crippen LogP contribution in [-0.4, -0.2) is 26.4 Å². The Morgan fingerprint density at radius 3 is 2.50 bits per heavy atom. The molecule has 0 unspecified atom stereocenters. The van der Waals surface area contributed by atoms with Crippen molar-refractivity contribution in [3.63, 3.8) is 0 Å². The summed E-state index contributed by atoms with van der Waals surface area (Å²) in [5.41, 5.74) is 1.94. The minimum absolute atomic E-state index is 0.0501. The summed E-state index contributed by atoms with van der Waals surface area (Å²) in [4.78, 5) is 12.3. The van der Waals surface area contributed by atoms with Crippen molar-refractivity contribution < 1.29 is 17.6 Å². The molecule has 1 atom stereocenters. The number of fused-ring (bicyclic) bond motifs is 1. The summed E-state index contributed by atoms with van der Waals surface area (Å²) in [6.45, 7) is 1.82. The van der Waals surface area contributed by atoms with Gasteiger partial charge in [-0.2, -0.15) is 0 Å². The summed E-state index contributed by atoms with van der Waals surface area (Å²) < 4.78 is 40.5. The fraction of sp³-hybridized carbons (Fsp3) is 0.316. The van der Waals surface area contributed by atoms with Crippen molar-refractivity contribution in [1.82, 2.24) is 5.32 Å². The molecule has 0 spiro atoms. The summed E-state index contributed by atoms with van der Waals surface area (Å²) in [5.74, 6) is -0.604. The largest absolute Gasteiger partial charge is 0.349 e. The van der Waals surface area contributed by atoms with Gasteiger partial charge < -0.3 is 5.32 Å². The molecule has 1 N–H and O–H groups in total. The lowest BCUT2D eigenvalue weighted by atomic mass is 10.1. The summed E-state index contributed by atoms with van der Waals surface area (Å²) in [6, 6.07) is 9.92. The molecule has 1 saturated carbocycles. The first-order chi connectivity index (χ1) is 12.4. The van der Waals surface area contributed by atoms with E-state index < -0.39 is 15.8 Å². The number of carbonyl (C=O) groups is 1. The predicted octanol–water partition coefficient (Wildman–Crippen LogP) is 2.86. The number of sulfonamides is 1. The van der Waals surface area contributed by atoms with Crippen molar-refractivity contribution in [2.45, 2.75) is 43.2 Å². The van der Waals surface area contributed by atoms with Crippen LogP contribution in [-0.2, 0) is 16.4 Å². The highest BCUT2D eigenvalue weighted by Crippen LogP contribution is 2.37. The van der Waals surface area contributed by atoms with Gasteiger partial charge in [-0.15, -0.1) is 0 Å². The molecule has 0 saturated heterocycles. The minimum Gasteiger partial charge on any atom is -0.349 e. The fourth-order valence-electron chi connectivity index (χ4n) is 3.33. The van der Waals surface area contributed by atoms with Gasteiger partial charge in [-0.05, 0) is 74.2 Å². The van der Waals surface area contributed by atoms with Crippen LogP contribution >= 0.6 is 0 Å². The highest BCUT2D eigenvalue weighted by atomic mass is 32.2. The Hall–Kier alpha value is -2.41. The van der Waals surface area contributed by atoms with Crippen LogP contribution in [0.1, 0.15) is 35.7 Å². The number of nitrogens with zero attached hydrogens (tertiary/aromatic N) is 1. The van der Waals surface area contributed by atoms with Crippen LogP contribution in [0.3, 0.4) is 0 Å². The number of anilines is 1. The molecule has 2 aromatic rings. The minimum atomic E-state index is -3.79. The van der Waals surface area contributed by atoms with Gasteiger partial charge in [-0.3, -0.25) is 9.10 Å². The van der Waals surface area contributed by atoms with Gasteiger partial charge in [-0.25, -0.2) is 12.8 Å². The Labute approximate surface area is 151 Å². The second-order valence-electron chi connectivity index (χ2n) is 6.90. The molecule has 7 heteroatoms. The van der Waals surface area contributed by atoms with Crippen molar-refractivity contribution in [2.24, 2.45) is 0 Å². The molecule has 0 aromatic heterocycles. The first-order valence-corrected chi connectivity index (χ1v) is 10.0. The molecule has 2 aliphatic rings. The molecule has 0 radical (unpaired) electrons. The van der Waals surface area contributed by atoms with Gasteiger partial charge in [0.2, 0.25) is 0 Å². The van der Waals surface area contributed by atoms with Crippen LogP contribution in [0.4, 0.5) is 10.1 Å². The zero-order valence-corrected chi connectivity index (χ0v) is 15.1. The summed E-state index contributed by atoms with van der Waals surface area (Å²) >= 11 is 0. The Kier molecular flexibility index (Phi) is 3.99. The van der Waals surface area contributed by atoms with Crippen molar-refractivity contribution >= 4 is 21.6 Å². The molecule has 1 amide bonds. The van der Waals surface area contributed by atoms with E-state index in [9.17, 15) is 17.6 Å². The molecule has 4 rings (SSSR count). The van der Waals surface area contributed by atoms with E-state index in [0.717, 1.165) is 30.5 Å². The molecule has 1 heterocycles. The highest BCUT2D eigenvalue weighted by molar-refractivity contribution is 7.92. The van der Waals surface area contributed by atoms with Crippen LogP contribution < -0.4 is 9.62 Å². The third-order valence-corrected chi connectivity index (χ3v) is 6.72. The SMILES string of the molecule is C[C@H]1Cc2cc(C(=O)NC3CC3)ccc2N1S(=O)(=O)c1ccc(F)cc1. The molecule has 136 valence electrons. The van der Waals surface area contributed by atoms with Gasteiger partial charge in [0.25, 0.3) is 15.9 Å². The maximum Gasteiger partial charge on any atom is 0.264 e. The molecule has 2 aromatic carbocycles. The number of carbonyl (C=O) groups excluding carboxylic acids is 1. The maximum atomic E-state index is 13.1. The molecular weight excluding hydrogens is 355 g/mol. The van der Waals surface area contributed by atoms with E-state index >= 15 is 0 Å². The lowest BCUT2D eigenvalue weighted by molar-refractivity contribution is 0.0951. The number of hydrogen-bond donors (Lipinski definition) is 1. The second kappa shape index (κ2) is 6.09. The fourth-order valence-corrected chi connectivity index (χ4v) is 5.02. The molecule has 1 aliphatic carbocycles. The molecule has 1 aliphatic heterocycles. The van der Waals surface area contributed by atoms with Crippen LogP contribution in [0, 0.1) is 5.82 Å². The average Bonchev–Trinajstić information content (AvgIpc) is 3.33. The maximum absolute atomic E-state index is 13.1. The van der Waals surface area contributed by atoms with Gasteiger partial charge >= 0.3 is 0 Å². The predicted molar refractivity (Wildman–Crippen MR) is 96.2 cm³/mol. The van der Waals surface area contributed by atoms with Crippen LogP contribution in [0.2, 0.25) is 0 Å². The van der Waals surface area contributed by atoms with Crippen LogP contribution in [0.5, 0.6) is 0 Å². The van der Waals surface area contributed by atoms with E-state index in [1.165, 1.54) is 16.4 Å². The Balaban J connectivity index is 1.67. The summed E-state index contributed by atoms with van der Waals surface area (Å²) in [6.07, 6.45) is 2.55. The topological polar surface area (TPSA) is 66.5 Å². The monoisotopic (exact) mass is 374 g/mol. The first kappa shape index (κ1) is 17.0. The molecule has 0 bridgehead atoms. The van der Waals surface area contributed by atoms with E-state index in [4.69, 9.17) is 0 Å². The highest BCUT2D eigenvalue weighted by Gasteiger charge is 2.36. The lowest BCUT2D eigenvalue weighted by Gasteiger charge is -2.24. The van der Waals surface area contributed by atoms with E-state index in [-0.39, 0.29) is 22.9 Å². The lowest BCUT2D eigenvalue weighted by Crippen LogP contribution is -2.35. The quantitative estimate of drug-likeness (QED) is 0.895. The average molecular weight is 374 g/mol. The van der Waals surface area contributed by atoms with E-state index in [1.807, 2.05) is 6.92 Å². The van der Waals surface area contributed by atoms with Crippen LogP contribution in [0.15, 0.2) is 47.4 Å². The van der Waals surface area contributed by atoms with Crippen molar-refractivity contribution in [3.05, 3.63) is 59.4 Å². The molecule has 1 fully saturated rings. The van der Waals surface area contributed by atoms with Crippen molar-refractivity contribution in [2.75, 3.05) is 4.31 Å². The van der Waals surface area contributed by atoms with Gasteiger partial charge in [-0.1, -0.05) is 0 Å². The Morgan fingerprint density at radius 2 is 1.85 bits per heavy atom. The molecule has 5 nitrogen and oxygen atoms in total. The third-order valence-electron chi connectivity index (χ3n) is 4.78. The number of amides is 1. The van der Waals surface area contributed by atoms with Gasteiger partial charge in [0.15, 0.2) is 0 Å². The normalized spacial score (nSPS) is 19.3. The zero-order valence-electron chi connectivity index (χ0n) is 14.3. The summed E-state index contributed by atoms with van der Waals surface area (Å²) in [5, 5.41) is 2.94. The number of nitrogens with one attached hydrogen (secondary N) is 1. The molecule has 26 heavy (non-hydrogen) atoms. The number of hydrogen-bond acceptors (Lipinski definition) is 3. The summed E-state index contributed by atoms with van der Waals surface area (Å²) in [7, 11) is -3.79.